The van der Waals surface area contributed by atoms with E-state index in [1.165, 1.54) is 6.20 Å². The largest absolute Gasteiger partial charge is 0.481 e. The van der Waals surface area contributed by atoms with Gasteiger partial charge in [-0.1, -0.05) is 0 Å². The van der Waals surface area contributed by atoms with Gasteiger partial charge in [-0.25, -0.2) is 4.98 Å². The number of carboxylic acid groups (broad SMARTS) is 1. The Hall–Kier alpha value is -2.52. The number of imidazole rings is 1. The third-order valence-electron chi connectivity index (χ3n) is 3.10. The van der Waals surface area contributed by atoms with Gasteiger partial charge in [0.2, 0.25) is 0 Å². The molecule has 0 saturated carbocycles. The maximum absolute atomic E-state index is 12.8. The van der Waals surface area contributed by atoms with Crippen LogP contribution in [0.3, 0.4) is 0 Å². The van der Waals surface area contributed by atoms with Gasteiger partial charge < -0.3 is 9.67 Å². The van der Waals surface area contributed by atoms with Gasteiger partial charge in [0.15, 0.2) is 0 Å². The molecule has 0 saturated heterocycles. The van der Waals surface area contributed by atoms with Crippen molar-refractivity contribution in [2.75, 3.05) is 0 Å². The SMILES string of the molecule is O=C(O)CCc1cn(-c2cc(C(F)(F)F)cc(C(F)(F)F)c2)cn1. The van der Waals surface area contributed by atoms with Crippen LogP contribution in [0.2, 0.25) is 0 Å². The molecule has 0 amide bonds. The van der Waals surface area contributed by atoms with Crippen molar-refractivity contribution in [1.29, 1.82) is 0 Å². The summed E-state index contributed by atoms with van der Waals surface area (Å²) in [5.41, 5.74) is -3.00. The third kappa shape index (κ3) is 4.27. The maximum atomic E-state index is 12.8. The van der Waals surface area contributed by atoms with Crippen LogP contribution in [-0.4, -0.2) is 20.6 Å². The first kappa shape index (κ1) is 17.8. The van der Waals surface area contributed by atoms with Crippen LogP contribution in [0.25, 0.3) is 5.69 Å². The van der Waals surface area contributed by atoms with Crippen molar-refractivity contribution in [2.24, 2.45) is 0 Å². The molecule has 1 N–H and O–H groups in total. The molecule has 2 rings (SSSR count). The summed E-state index contributed by atoms with van der Waals surface area (Å²) in [6, 6.07) is 1.17. The lowest BCUT2D eigenvalue weighted by Crippen LogP contribution is -2.12. The molecule has 0 unspecified atom stereocenters. The van der Waals surface area contributed by atoms with E-state index < -0.39 is 29.4 Å². The number of rotatable bonds is 4. The monoisotopic (exact) mass is 352 g/mol. The molecule has 0 bridgehead atoms. The number of aliphatic carboxylic acids is 1. The Morgan fingerprint density at radius 1 is 1.04 bits per heavy atom. The molecule has 0 atom stereocenters. The first-order valence-corrected chi connectivity index (χ1v) is 6.51. The van der Waals surface area contributed by atoms with Crippen LogP contribution in [0.5, 0.6) is 0 Å². The topological polar surface area (TPSA) is 55.1 Å². The number of benzene rings is 1. The molecular formula is C14H10F6N2O2. The Morgan fingerprint density at radius 2 is 1.58 bits per heavy atom. The molecule has 0 aliphatic rings. The summed E-state index contributed by atoms with van der Waals surface area (Å²) < 4.78 is 77.8. The highest BCUT2D eigenvalue weighted by molar-refractivity contribution is 5.66. The average molecular weight is 352 g/mol. The zero-order valence-electron chi connectivity index (χ0n) is 11.8. The predicted molar refractivity (Wildman–Crippen MR) is 69.5 cm³/mol. The molecule has 1 aromatic carbocycles. The number of hydrogen-bond acceptors (Lipinski definition) is 2. The third-order valence-corrected chi connectivity index (χ3v) is 3.10. The van der Waals surface area contributed by atoms with E-state index in [0.29, 0.717) is 12.1 Å². The van der Waals surface area contributed by atoms with Crippen molar-refractivity contribution in [3.63, 3.8) is 0 Å². The minimum absolute atomic E-state index is 0.00736. The van der Waals surface area contributed by atoms with Crippen LogP contribution < -0.4 is 0 Å². The molecule has 0 fully saturated rings. The van der Waals surface area contributed by atoms with E-state index in [1.807, 2.05) is 0 Å². The molecule has 2 aromatic rings. The highest BCUT2D eigenvalue weighted by Crippen LogP contribution is 2.37. The molecule has 10 heteroatoms. The highest BCUT2D eigenvalue weighted by Gasteiger charge is 2.37. The fourth-order valence-electron chi connectivity index (χ4n) is 1.96. The van der Waals surface area contributed by atoms with Gasteiger partial charge in [-0.2, -0.15) is 26.3 Å². The number of carbonyl (C=O) groups is 1. The predicted octanol–water partition coefficient (Wildman–Crippen LogP) is 3.93. The second kappa shape index (κ2) is 6.17. The van der Waals surface area contributed by atoms with Gasteiger partial charge >= 0.3 is 18.3 Å². The van der Waals surface area contributed by atoms with Crippen LogP contribution in [-0.2, 0) is 23.6 Å². The standard InChI is InChI=1S/C14H10F6N2O2/c15-13(16,17)8-3-9(14(18,19)20)5-11(4-8)22-6-10(21-7-22)1-2-12(23)24/h3-7H,1-2H2,(H,23,24). The van der Waals surface area contributed by atoms with Gasteiger partial charge in [-0.15, -0.1) is 0 Å². The second-order valence-electron chi connectivity index (χ2n) is 4.93. The van der Waals surface area contributed by atoms with Crippen molar-refractivity contribution in [3.05, 3.63) is 47.5 Å². The first-order valence-electron chi connectivity index (χ1n) is 6.51. The summed E-state index contributed by atoms with van der Waals surface area (Å²) in [7, 11) is 0. The Bertz CT molecular complexity index is 716. The lowest BCUT2D eigenvalue weighted by Gasteiger charge is -2.14. The van der Waals surface area contributed by atoms with Gasteiger partial charge in [0.1, 0.15) is 0 Å². The Labute approximate surface area is 131 Å². The average Bonchev–Trinajstić information content (AvgIpc) is 2.91. The number of alkyl halides is 6. The van der Waals surface area contributed by atoms with Gasteiger partial charge in [-0.05, 0) is 18.2 Å². The molecule has 4 nitrogen and oxygen atoms in total. The summed E-state index contributed by atoms with van der Waals surface area (Å²) in [5, 5.41) is 8.57. The fraction of sp³-hybridized carbons (Fsp3) is 0.286. The summed E-state index contributed by atoms with van der Waals surface area (Å²) in [4.78, 5) is 14.3. The number of aromatic nitrogens is 2. The maximum Gasteiger partial charge on any atom is 0.416 e. The van der Waals surface area contributed by atoms with E-state index in [9.17, 15) is 31.1 Å². The Morgan fingerprint density at radius 3 is 2.04 bits per heavy atom. The normalized spacial score (nSPS) is 12.4. The molecule has 0 radical (unpaired) electrons. The Balaban J connectivity index is 2.44. The zero-order valence-corrected chi connectivity index (χ0v) is 11.8. The lowest BCUT2D eigenvalue weighted by atomic mass is 10.1. The molecule has 130 valence electrons. The van der Waals surface area contributed by atoms with E-state index in [-0.39, 0.29) is 30.3 Å². The second-order valence-corrected chi connectivity index (χ2v) is 4.93. The van der Waals surface area contributed by atoms with Crippen molar-refractivity contribution in [2.45, 2.75) is 25.2 Å². The van der Waals surface area contributed by atoms with E-state index in [4.69, 9.17) is 5.11 Å². The van der Waals surface area contributed by atoms with Gasteiger partial charge in [0.05, 0.1) is 29.6 Å². The quantitative estimate of drug-likeness (QED) is 0.849. The van der Waals surface area contributed by atoms with Crippen molar-refractivity contribution in [1.82, 2.24) is 9.55 Å². The summed E-state index contributed by atoms with van der Waals surface area (Å²) in [5.74, 6) is -1.09. The van der Waals surface area contributed by atoms with Crippen molar-refractivity contribution >= 4 is 5.97 Å². The molecule has 24 heavy (non-hydrogen) atoms. The summed E-state index contributed by atoms with van der Waals surface area (Å²) in [6.45, 7) is 0. The molecule has 1 heterocycles. The number of halogens is 6. The van der Waals surface area contributed by atoms with E-state index >= 15 is 0 Å². The van der Waals surface area contributed by atoms with E-state index in [1.54, 1.807) is 0 Å². The minimum atomic E-state index is -4.94. The zero-order chi connectivity index (χ0) is 18.1. The molecule has 0 aliphatic carbocycles. The first-order chi connectivity index (χ1) is 11.0. The number of hydrogen-bond donors (Lipinski definition) is 1. The number of nitrogens with zero attached hydrogens (tertiary/aromatic N) is 2. The minimum Gasteiger partial charge on any atom is -0.481 e. The molecule has 1 aromatic heterocycles. The van der Waals surface area contributed by atoms with E-state index in [2.05, 4.69) is 4.98 Å². The van der Waals surface area contributed by atoms with Gasteiger partial charge in [0, 0.05) is 18.3 Å². The molecular weight excluding hydrogens is 342 g/mol. The van der Waals surface area contributed by atoms with Crippen molar-refractivity contribution in [3.8, 4) is 5.69 Å². The van der Waals surface area contributed by atoms with Crippen LogP contribution in [0, 0.1) is 0 Å². The summed E-state index contributed by atoms with van der Waals surface area (Å²) >= 11 is 0. The highest BCUT2D eigenvalue weighted by atomic mass is 19.4. The lowest BCUT2D eigenvalue weighted by molar-refractivity contribution is -0.143. The Kier molecular flexibility index (Phi) is 4.59. The van der Waals surface area contributed by atoms with Crippen molar-refractivity contribution < 1.29 is 36.2 Å². The smallest absolute Gasteiger partial charge is 0.416 e. The van der Waals surface area contributed by atoms with Gasteiger partial charge in [-0.3, -0.25) is 4.79 Å². The number of aryl methyl sites for hydroxylation is 1. The van der Waals surface area contributed by atoms with E-state index in [0.717, 1.165) is 10.9 Å². The number of carboxylic acids is 1. The summed E-state index contributed by atoms with van der Waals surface area (Å²) in [6.07, 6.45) is -7.91. The van der Waals surface area contributed by atoms with Crippen LogP contribution in [0.1, 0.15) is 23.2 Å². The molecule has 0 spiro atoms. The van der Waals surface area contributed by atoms with Gasteiger partial charge in [0.25, 0.3) is 0 Å². The van der Waals surface area contributed by atoms with Crippen LogP contribution in [0.4, 0.5) is 26.3 Å². The fourth-order valence-corrected chi connectivity index (χ4v) is 1.96. The van der Waals surface area contributed by atoms with Crippen LogP contribution in [0.15, 0.2) is 30.7 Å². The molecule has 0 aliphatic heterocycles. The van der Waals surface area contributed by atoms with Crippen LogP contribution >= 0.6 is 0 Å².